The van der Waals surface area contributed by atoms with E-state index in [0.29, 0.717) is 10.9 Å². The fourth-order valence-electron chi connectivity index (χ4n) is 3.05. The molecule has 0 aromatic heterocycles. The van der Waals surface area contributed by atoms with E-state index >= 15 is 0 Å². The van der Waals surface area contributed by atoms with Crippen molar-refractivity contribution in [2.24, 2.45) is 0 Å². The number of carbonyl (C=O) groups excluding carboxylic acids is 1. The van der Waals surface area contributed by atoms with E-state index in [4.69, 9.17) is 0 Å². The van der Waals surface area contributed by atoms with Gasteiger partial charge in [-0.25, -0.2) is 0 Å². The summed E-state index contributed by atoms with van der Waals surface area (Å²) in [7, 11) is 0. The lowest BCUT2D eigenvalue weighted by molar-refractivity contribution is 0.102. The van der Waals surface area contributed by atoms with Crippen molar-refractivity contribution in [2.75, 3.05) is 5.32 Å². The van der Waals surface area contributed by atoms with Crippen LogP contribution in [0.25, 0.3) is 10.8 Å². The Hall–Kier alpha value is -2.55. The minimum Gasteiger partial charge on any atom is -0.507 e. The molecule has 2 aliphatic rings. The first kappa shape index (κ1) is 11.3. The summed E-state index contributed by atoms with van der Waals surface area (Å²) in [6.07, 6.45) is 6.65. The molecule has 1 unspecified atom stereocenters. The van der Waals surface area contributed by atoms with Gasteiger partial charge in [0.2, 0.25) is 0 Å². The van der Waals surface area contributed by atoms with E-state index in [1.165, 1.54) is 0 Å². The molecule has 2 aromatic rings. The minimum atomic E-state index is 0.0144. The summed E-state index contributed by atoms with van der Waals surface area (Å²) >= 11 is 0. The summed E-state index contributed by atoms with van der Waals surface area (Å²) in [4.78, 5) is 12.8. The Labute approximate surface area is 116 Å². The molecule has 0 saturated heterocycles. The molecule has 1 heterocycles. The molecular formula is C17H13NO2. The average molecular weight is 263 g/mol. The molecular weight excluding hydrogens is 250 g/mol. The van der Waals surface area contributed by atoms with E-state index in [9.17, 15) is 9.90 Å². The number of ketones is 1. The minimum absolute atomic E-state index is 0.0144. The maximum atomic E-state index is 12.8. The molecule has 1 aliphatic heterocycles. The van der Waals surface area contributed by atoms with Crippen molar-refractivity contribution in [3.05, 3.63) is 59.7 Å². The molecule has 1 aliphatic carbocycles. The fourth-order valence-corrected chi connectivity index (χ4v) is 3.05. The standard InChI is InChI=1S/C17H13NO2/c19-15-9-14-16(11-6-2-1-5-10(11)15)17(20)12-7-3-4-8-13(12)18-14/h1-7,9,13,18-19H,8H2. The van der Waals surface area contributed by atoms with Gasteiger partial charge in [-0.2, -0.15) is 0 Å². The Morgan fingerprint density at radius 1 is 1.20 bits per heavy atom. The Morgan fingerprint density at radius 2 is 2.00 bits per heavy atom. The zero-order chi connectivity index (χ0) is 13.7. The number of hydrogen-bond acceptors (Lipinski definition) is 3. The van der Waals surface area contributed by atoms with Crippen LogP contribution in [0.1, 0.15) is 16.8 Å². The van der Waals surface area contributed by atoms with Crippen LogP contribution < -0.4 is 5.32 Å². The fraction of sp³-hybridized carbons (Fsp3) is 0.118. The number of anilines is 1. The van der Waals surface area contributed by atoms with E-state index in [1.807, 2.05) is 42.5 Å². The van der Waals surface area contributed by atoms with Crippen molar-refractivity contribution in [3.8, 4) is 5.75 Å². The zero-order valence-electron chi connectivity index (χ0n) is 10.8. The average Bonchev–Trinajstić information content (AvgIpc) is 2.47. The highest BCUT2D eigenvalue weighted by Crippen LogP contribution is 2.39. The maximum Gasteiger partial charge on any atom is 0.193 e. The lowest BCUT2D eigenvalue weighted by Crippen LogP contribution is -2.33. The number of nitrogens with one attached hydrogen (secondary N) is 1. The number of phenols is 1. The Balaban J connectivity index is 2.05. The van der Waals surface area contributed by atoms with Crippen LogP contribution in [-0.4, -0.2) is 16.9 Å². The van der Waals surface area contributed by atoms with Gasteiger partial charge in [0.05, 0.1) is 17.3 Å². The number of rotatable bonds is 0. The zero-order valence-corrected chi connectivity index (χ0v) is 10.8. The number of aromatic hydroxyl groups is 1. The van der Waals surface area contributed by atoms with Crippen molar-refractivity contribution in [1.29, 1.82) is 0 Å². The SMILES string of the molecule is O=C1C2=CC=CCC2Nc2cc(O)c3ccccc3c21. The number of Topliss-reactive ketones (excluding diaryl/α,β-unsaturated/α-hetero) is 1. The van der Waals surface area contributed by atoms with Crippen LogP contribution in [0.2, 0.25) is 0 Å². The van der Waals surface area contributed by atoms with Gasteiger partial charge >= 0.3 is 0 Å². The van der Waals surface area contributed by atoms with Crippen molar-refractivity contribution in [1.82, 2.24) is 0 Å². The quantitative estimate of drug-likeness (QED) is 0.765. The van der Waals surface area contributed by atoms with Gasteiger partial charge in [0, 0.05) is 17.0 Å². The second kappa shape index (κ2) is 3.97. The largest absolute Gasteiger partial charge is 0.507 e. The van der Waals surface area contributed by atoms with E-state index in [0.717, 1.165) is 23.1 Å². The first-order chi connectivity index (χ1) is 9.75. The van der Waals surface area contributed by atoms with Gasteiger partial charge in [-0.15, -0.1) is 0 Å². The summed E-state index contributed by atoms with van der Waals surface area (Å²) in [6.45, 7) is 0. The van der Waals surface area contributed by atoms with Crippen LogP contribution in [0.5, 0.6) is 5.75 Å². The summed E-state index contributed by atoms with van der Waals surface area (Å²) in [5.74, 6) is 0.266. The van der Waals surface area contributed by atoms with Gasteiger partial charge in [-0.3, -0.25) is 4.79 Å². The van der Waals surface area contributed by atoms with Crippen molar-refractivity contribution in [3.63, 3.8) is 0 Å². The van der Waals surface area contributed by atoms with Gasteiger partial charge < -0.3 is 10.4 Å². The number of phenolic OH excluding ortho intramolecular Hbond substituents is 1. The molecule has 0 fully saturated rings. The van der Waals surface area contributed by atoms with Crippen LogP contribution in [0.4, 0.5) is 5.69 Å². The van der Waals surface area contributed by atoms with Crippen LogP contribution in [-0.2, 0) is 0 Å². The molecule has 0 radical (unpaired) electrons. The molecule has 0 saturated carbocycles. The van der Waals surface area contributed by atoms with Gasteiger partial charge in [0.25, 0.3) is 0 Å². The van der Waals surface area contributed by atoms with Crippen LogP contribution in [0.15, 0.2) is 54.1 Å². The van der Waals surface area contributed by atoms with Gasteiger partial charge in [0.1, 0.15) is 5.75 Å². The molecule has 20 heavy (non-hydrogen) atoms. The number of hydrogen-bond donors (Lipinski definition) is 2. The van der Waals surface area contributed by atoms with Crippen molar-refractivity contribution in [2.45, 2.75) is 12.5 Å². The summed E-state index contributed by atoms with van der Waals surface area (Å²) in [5.41, 5.74) is 2.19. The van der Waals surface area contributed by atoms with E-state index in [1.54, 1.807) is 6.07 Å². The first-order valence-corrected chi connectivity index (χ1v) is 6.68. The third-order valence-electron chi connectivity index (χ3n) is 4.00. The monoisotopic (exact) mass is 263 g/mol. The second-order valence-corrected chi connectivity index (χ2v) is 5.18. The second-order valence-electron chi connectivity index (χ2n) is 5.18. The van der Waals surface area contributed by atoms with E-state index < -0.39 is 0 Å². The molecule has 3 heteroatoms. The van der Waals surface area contributed by atoms with Crippen LogP contribution in [0.3, 0.4) is 0 Å². The highest BCUT2D eigenvalue weighted by Gasteiger charge is 2.31. The third kappa shape index (κ3) is 1.43. The lowest BCUT2D eigenvalue weighted by atomic mass is 9.85. The Morgan fingerprint density at radius 3 is 2.85 bits per heavy atom. The molecule has 0 spiro atoms. The Kier molecular flexibility index (Phi) is 2.24. The highest BCUT2D eigenvalue weighted by molar-refractivity contribution is 6.23. The molecule has 2 aromatic carbocycles. The molecule has 2 N–H and O–H groups in total. The number of fused-ring (bicyclic) bond motifs is 4. The van der Waals surface area contributed by atoms with Crippen molar-refractivity contribution >= 4 is 22.2 Å². The summed E-state index contributed by atoms with van der Waals surface area (Å²) in [6, 6.07) is 9.13. The third-order valence-corrected chi connectivity index (χ3v) is 4.00. The number of benzene rings is 2. The molecule has 1 atom stereocenters. The topological polar surface area (TPSA) is 49.3 Å². The molecule has 98 valence electrons. The normalized spacial score (nSPS) is 20.1. The van der Waals surface area contributed by atoms with Gasteiger partial charge in [0.15, 0.2) is 5.78 Å². The van der Waals surface area contributed by atoms with Gasteiger partial charge in [-0.1, -0.05) is 42.5 Å². The van der Waals surface area contributed by atoms with E-state index in [-0.39, 0.29) is 17.6 Å². The first-order valence-electron chi connectivity index (χ1n) is 6.68. The van der Waals surface area contributed by atoms with Gasteiger partial charge in [-0.05, 0) is 11.8 Å². The number of carbonyl (C=O) groups is 1. The molecule has 0 bridgehead atoms. The molecule has 0 amide bonds. The van der Waals surface area contributed by atoms with Crippen LogP contribution >= 0.6 is 0 Å². The van der Waals surface area contributed by atoms with E-state index in [2.05, 4.69) is 5.32 Å². The molecule has 3 nitrogen and oxygen atoms in total. The lowest BCUT2D eigenvalue weighted by Gasteiger charge is -2.30. The predicted molar refractivity (Wildman–Crippen MR) is 79.2 cm³/mol. The Bertz CT molecular complexity index is 802. The maximum absolute atomic E-state index is 12.8. The predicted octanol–water partition coefficient (Wildman–Crippen LogP) is 3.41. The molecule has 4 rings (SSSR count). The number of allylic oxidation sites excluding steroid dienone is 2. The highest BCUT2D eigenvalue weighted by atomic mass is 16.3. The van der Waals surface area contributed by atoms with Crippen molar-refractivity contribution < 1.29 is 9.90 Å². The van der Waals surface area contributed by atoms with Crippen LogP contribution in [0, 0.1) is 0 Å². The summed E-state index contributed by atoms with van der Waals surface area (Å²) < 4.78 is 0. The summed E-state index contributed by atoms with van der Waals surface area (Å²) in [5, 5.41) is 15.0. The smallest absolute Gasteiger partial charge is 0.193 e.